The molecule has 0 aromatic heterocycles. The van der Waals surface area contributed by atoms with Crippen LogP contribution in [0.5, 0.6) is 0 Å². The van der Waals surface area contributed by atoms with Crippen LogP contribution in [0, 0.1) is 0 Å². The summed E-state index contributed by atoms with van der Waals surface area (Å²) in [7, 11) is 7.71. The van der Waals surface area contributed by atoms with Gasteiger partial charge < -0.3 is 62.6 Å². The lowest BCUT2D eigenvalue weighted by Crippen LogP contribution is -2.29. The Bertz CT molecular complexity index is 5860. The minimum Gasteiger partial charge on any atom is -0.385 e. The van der Waals surface area contributed by atoms with Crippen molar-refractivity contribution in [2.45, 2.75) is 39.5 Å². The zero-order valence-electron chi connectivity index (χ0n) is 78.2. The average molecular weight is 1810 g/mol. The first kappa shape index (κ1) is 98.0. The van der Waals surface area contributed by atoms with Gasteiger partial charge in [-0.15, -0.1) is 0 Å². The summed E-state index contributed by atoms with van der Waals surface area (Å²) in [6, 6.07) is 122. The molecule has 0 atom stereocenters. The second-order valence-electron chi connectivity index (χ2n) is 32.1. The number of nitrogens with one attached hydrogen (secondary N) is 2. The summed E-state index contributed by atoms with van der Waals surface area (Å²) < 4.78 is 10.3. The molecule has 0 aliphatic rings. The summed E-state index contributed by atoms with van der Waals surface area (Å²) in [5, 5.41) is 59.2. The highest BCUT2D eigenvalue weighted by Gasteiger charge is 2.12. The van der Waals surface area contributed by atoms with E-state index in [0.29, 0.717) is 26.4 Å². The van der Waals surface area contributed by atoms with Gasteiger partial charge in [-0.2, -0.15) is 61.4 Å². The molecule has 136 heavy (non-hydrogen) atoms. The van der Waals surface area contributed by atoms with Crippen LogP contribution < -0.4 is 53.2 Å². The maximum atomic E-state index is 5.80. The van der Waals surface area contributed by atoms with Gasteiger partial charge in [0.2, 0.25) is 0 Å². The molecule has 0 radical (unpaired) electrons. The number of nitrogens with zero attached hydrogens (tertiary/aromatic N) is 16. The van der Waals surface area contributed by atoms with Crippen molar-refractivity contribution in [3.8, 4) is 66.8 Å². The quantitative estimate of drug-likeness (QED) is 0.0118. The van der Waals surface area contributed by atoms with E-state index in [1.807, 2.05) is 194 Å². The maximum absolute atomic E-state index is 5.80. The molecule has 0 fully saturated rings. The zero-order valence-corrected chi connectivity index (χ0v) is 78.2. The summed E-state index contributed by atoms with van der Waals surface area (Å²) in [5.41, 5.74) is 52.4. The SMILES string of the molecule is CCN(CN)c1ccc(N=Nc2ccc(-c3ccc(-c4ccc(N=Nc5ccc(N(CC)CN)cc5)cc4)cc3)cc2)cc1.COCCCCN(C)c1ccc(N=Nc2ccc(-c3ccc(-c4ccc(N=Nc5ccc(N(C)CCCCOC)cc5)cc4)cc3)cc2)cc1.NCCNc1ccc(N=Nc2ccc(-c3ccc(-c4ccc(N=Nc5ccc(NCCN)cc5)cc4)cc3)cc2)cc1. The lowest BCUT2D eigenvalue weighted by molar-refractivity contribution is 0.193. The van der Waals surface area contributed by atoms with Crippen LogP contribution in [0.2, 0.25) is 0 Å². The molecule has 15 rings (SSSR count). The fourth-order valence-electron chi connectivity index (χ4n) is 14.6. The molecule has 0 spiro atoms. The predicted molar refractivity (Wildman–Crippen MR) is 564 cm³/mol. The number of hydrogen-bond donors (Lipinski definition) is 6. The van der Waals surface area contributed by atoms with Crippen LogP contribution in [0.4, 0.5) is 102 Å². The van der Waals surface area contributed by atoms with E-state index in [2.05, 4.69) is 289 Å². The monoisotopic (exact) mass is 1800 g/mol. The third-order valence-corrected chi connectivity index (χ3v) is 22.6. The molecule has 690 valence electrons. The largest absolute Gasteiger partial charge is 0.385 e. The zero-order chi connectivity index (χ0) is 94.7. The van der Waals surface area contributed by atoms with Crippen LogP contribution in [-0.4, -0.2) is 107 Å². The standard InChI is InChI=1S/C42H48N6O2.C36H38N8.C34H34N8/c1-47(29-5-7-31-49-3)41-25-21-39(22-26-41)45-43-37-17-13-35(14-18-37)33-9-11-34(12-10-33)36-15-19-38(20-16-36)44-46-40-23-27-42(28-24-40)48(2)30-6-8-32-50-4;1-3-43(25-37)35-21-17-33(18-22-35)41-39-31-13-9-29(10-14-31)27-5-7-28(8-6-27)30-11-15-32(16-12-30)40-42-34-19-23-36(24-20-34)44(4-2)26-38;35-21-23-37-29-13-17-33(18-14-29)41-39-31-9-5-27(6-10-31)25-1-2-26(4-3-25)28-7-11-32(12-8-28)40-42-34-19-15-30(16-20-34)38-24-22-36/h9-28H,5-8,29-32H2,1-4H3;5-24H,3-4,25-26,37-38H2,1-2H3;1-20,37-38H,21-24,35-36H2. The Labute approximate surface area is 799 Å². The molecule has 0 unspecified atom stereocenters. The second kappa shape index (κ2) is 52.6. The lowest BCUT2D eigenvalue weighted by Gasteiger charge is -2.20. The smallest absolute Gasteiger partial charge is 0.0858 e. The fraction of sp³-hybridized carbons (Fsp3) is 0.196. The van der Waals surface area contributed by atoms with E-state index in [-0.39, 0.29) is 0 Å². The Morgan fingerprint density at radius 1 is 0.221 bits per heavy atom. The van der Waals surface area contributed by atoms with Crippen LogP contribution >= 0.6 is 0 Å². The maximum Gasteiger partial charge on any atom is 0.0858 e. The molecule has 10 N–H and O–H groups in total. The molecule has 24 nitrogen and oxygen atoms in total. The van der Waals surface area contributed by atoms with Crippen molar-refractivity contribution in [3.05, 3.63) is 364 Å². The Morgan fingerprint density at radius 2 is 0.382 bits per heavy atom. The number of anilines is 6. The first-order valence-corrected chi connectivity index (χ1v) is 46.0. The number of rotatable bonds is 42. The van der Waals surface area contributed by atoms with Crippen LogP contribution in [0.25, 0.3) is 66.8 Å². The normalized spacial score (nSPS) is 11.4. The van der Waals surface area contributed by atoms with Crippen molar-refractivity contribution in [2.24, 2.45) is 84.3 Å². The van der Waals surface area contributed by atoms with E-state index in [0.717, 1.165) is 236 Å². The van der Waals surface area contributed by atoms with Crippen molar-refractivity contribution in [1.82, 2.24) is 0 Å². The number of ether oxygens (including phenoxy) is 2. The number of nitrogens with two attached hydrogens (primary N) is 4. The van der Waals surface area contributed by atoms with Crippen LogP contribution in [0.15, 0.2) is 425 Å². The molecule has 15 aromatic rings. The number of hydrogen-bond acceptors (Lipinski definition) is 24. The Morgan fingerprint density at radius 3 is 0.544 bits per heavy atom. The van der Waals surface area contributed by atoms with Gasteiger partial charge in [0.25, 0.3) is 0 Å². The van der Waals surface area contributed by atoms with Crippen molar-refractivity contribution < 1.29 is 9.47 Å². The number of methoxy groups -OCH3 is 2. The topological polar surface area (TPSA) is 308 Å². The average Bonchev–Trinajstić information content (AvgIpc) is 0.833. The molecular weight excluding hydrogens is 1690 g/mol. The van der Waals surface area contributed by atoms with Gasteiger partial charge >= 0.3 is 0 Å². The minimum atomic E-state index is 0.485. The van der Waals surface area contributed by atoms with Gasteiger partial charge in [0.05, 0.1) is 81.6 Å². The molecule has 0 bridgehead atoms. The van der Waals surface area contributed by atoms with Crippen LogP contribution in [0.1, 0.15) is 39.5 Å². The van der Waals surface area contributed by atoms with Crippen molar-refractivity contribution >= 4 is 102 Å². The van der Waals surface area contributed by atoms with E-state index >= 15 is 0 Å². The lowest BCUT2D eigenvalue weighted by atomic mass is 10.00. The van der Waals surface area contributed by atoms with E-state index in [9.17, 15) is 0 Å². The van der Waals surface area contributed by atoms with E-state index in [4.69, 9.17) is 32.4 Å². The number of benzene rings is 15. The molecule has 0 saturated heterocycles. The van der Waals surface area contributed by atoms with Gasteiger partial charge in [0.15, 0.2) is 0 Å². The summed E-state index contributed by atoms with van der Waals surface area (Å²) in [6.45, 7) is 13.1. The van der Waals surface area contributed by atoms with Gasteiger partial charge in [0.1, 0.15) is 0 Å². The summed E-state index contributed by atoms with van der Waals surface area (Å²) >= 11 is 0. The molecule has 24 heteroatoms. The van der Waals surface area contributed by atoms with E-state index in [1.165, 1.54) is 11.4 Å². The van der Waals surface area contributed by atoms with Crippen molar-refractivity contribution in [1.29, 1.82) is 0 Å². The molecular formula is C112H120N22O2. The Kier molecular flexibility index (Phi) is 37.9. The van der Waals surface area contributed by atoms with Crippen molar-refractivity contribution in [2.75, 3.05) is 137 Å². The molecule has 15 aromatic carbocycles. The van der Waals surface area contributed by atoms with Gasteiger partial charge in [-0.3, -0.25) is 0 Å². The summed E-state index contributed by atoms with van der Waals surface area (Å²) in [6.07, 6.45) is 4.32. The van der Waals surface area contributed by atoms with Crippen LogP contribution in [0.3, 0.4) is 0 Å². The minimum absolute atomic E-state index is 0.485. The first-order valence-electron chi connectivity index (χ1n) is 46.0. The van der Waals surface area contributed by atoms with Gasteiger partial charge in [-0.25, -0.2) is 0 Å². The van der Waals surface area contributed by atoms with Crippen LogP contribution in [-0.2, 0) is 9.47 Å². The molecule has 0 amide bonds. The first-order chi connectivity index (χ1) is 66.8. The highest BCUT2D eigenvalue weighted by molar-refractivity contribution is 5.76. The van der Waals surface area contributed by atoms with E-state index < -0.39 is 0 Å². The predicted octanol–water partition coefficient (Wildman–Crippen LogP) is 29.5. The highest BCUT2D eigenvalue weighted by atomic mass is 16.5. The molecule has 0 aliphatic heterocycles. The highest BCUT2D eigenvalue weighted by Crippen LogP contribution is 2.36. The molecule has 0 saturated carbocycles. The number of unbranched alkanes of at least 4 members (excludes halogenated alkanes) is 2. The third-order valence-electron chi connectivity index (χ3n) is 22.6. The summed E-state index contributed by atoms with van der Waals surface area (Å²) in [5.74, 6) is 0. The molecule has 0 heterocycles. The summed E-state index contributed by atoms with van der Waals surface area (Å²) in [4.78, 5) is 8.67. The molecule has 0 aliphatic carbocycles. The second-order valence-corrected chi connectivity index (χ2v) is 32.1. The van der Waals surface area contributed by atoms with Gasteiger partial charge in [0, 0.05) is 128 Å². The Balaban J connectivity index is 0.000000173. The van der Waals surface area contributed by atoms with Gasteiger partial charge in [-0.05, 0) is 325 Å². The fourth-order valence-corrected chi connectivity index (χ4v) is 14.6. The Hall–Kier alpha value is -15.5. The number of azo groups is 6. The van der Waals surface area contributed by atoms with Crippen molar-refractivity contribution in [3.63, 3.8) is 0 Å². The van der Waals surface area contributed by atoms with Gasteiger partial charge in [-0.1, -0.05) is 146 Å². The van der Waals surface area contributed by atoms with E-state index in [1.54, 1.807) is 14.2 Å². The third kappa shape index (κ3) is 30.2.